The van der Waals surface area contributed by atoms with E-state index in [0.29, 0.717) is 35.7 Å². The Kier molecular flexibility index (Phi) is 11.4. The molecule has 0 saturated carbocycles. The molecule has 0 spiro atoms. The van der Waals surface area contributed by atoms with Gasteiger partial charge in [0, 0.05) is 13.1 Å². The molecule has 0 aromatic heterocycles. The maximum absolute atomic E-state index is 11.4. The molecule has 4 amide bonds. The predicted molar refractivity (Wildman–Crippen MR) is 85.5 cm³/mol. The van der Waals surface area contributed by atoms with Gasteiger partial charge >= 0.3 is 24.0 Å². The second-order valence-electron chi connectivity index (χ2n) is 4.93. The summed E-state index contributed by atoms with van der Waals surface area (Å²) in [5.41, 5.74) is 0. The third kappa shape index (κ3) is 10.5. The van der Waals surface area contributed by atoms with Crippen molar-refractivity contribution in [3.8, 4) is 0 Å². The average Bonchev–Trinajstić information content (AvgIpc) is 2.60. The molecule has 0 aromatic carbocycles. The largest absolute Gasteiger partial charge is 0.480 e. The van der Waals surface area contributed by atoms with Crippen molar-refractivity contribution < 1.29 is 29.4 Å². The van der Waals surface area contributed by atoms with E-state index in [1.165, 1.54) is 0 Å². The van der Waals surface area contributed by atoms with Crippen LogP contribution in [0.2, 0.25) is 0 Å². The van der Waals surface area contributed by atoms with Gasteiger partial charge < -0.3 is 20.8 Å². The number of nitrogens with one attached hydrogen (secondary N) is 2. The molecule has 0 saturated heterocycles. The predicted octanol–water partition coefficient (Wildman–Crippen LogP) is 0.102. The lowest BCUT2D eigenvalue weighted by molar-refractivity contribution is -0.136. The van der Waals surface area contributed by atoms with Crippen LogP contribution in [0.15, 0.2) is 10.6 Å². The van der Waals surface area contributed by atoms with Crippen molar-refractivity contribution >= 4 is 24.0 Å². The van der Waals surface area contributed by atoms with Gasteiger partial charge in [-0.25, -0.2) is 9.59 Å². The second-order valence-corrected chi connectivity index (χ2v) is 4.93. The van der Waals surface area contributed by atoms with Crippen LogP contribution in [-0.2, 0) is 9.59 Å². The maximum Gasteiger partial charge on any atom is 0.340 e. The van der Waals surface area contributed by atoms with Gasteiger partial charge in [0.25, 0.3) is 0 Å². The maximum atomic E-state index is 11.4. The van der Waals surface area contributed by atoms with E-state index in [9.17, 15) is 29.0 Å². The van der Waals surface area contributed by atoms with Gasteiger partial charge in [0.05, 0.1) is 10.6 Å². The van der Waals surface area contributed by atoms with Crippen LogP contribution in [0.4, 0.5) is 9.59 Å². The molecule has 0 fully saturated rings. The van der Waals surface area contributed by atoms with Crippen LogP contribution in [-0.4, -0.2) is 70.4 Å². The van der Waals surface area contributed by atoms with Crippen molar-refractivity contribution in [2.45, 2.75) is 25.7 Å². The van der Waals surface area contributed by atoms with E-state index in [1.54, 1.807) is 0 Å². The highest BCUT2D eigenvalue weighted by atomic mass is 16.4. The molecule has 0 aliphatic rings. The van der Waals surface area contributed by atoms with Gasteiger partial charge in [0.1, 0.15) is 13.1 Å². The summed E-state index contributed by atoms with van der Waals surface area (Å²) in [5.74, 6) is -2.52. The van der Waals surface area contributed by atoms with Gasteiger partial charge in [0.2, 0.25) is 0 Å². The summed E-state index contributed by atoms with van der Waals surface area (Å²) < 4.78 is 0. The highest BCUT2D eigenvalue weighted by Gasteiger charge is 2.15. The van der Waals surface area contributed by atoms with Gasteiger partial charge in [-0.2, -0.15) is 10.0 Å². The summed E-state index contributed by atoms with van der Waals surface area (Å²) >= 11 is 0. The zero-order valence-electron chi connectivity index (χ0n) is 13.8. The first-order valence-corrected chi connectivity index (χ1v) is 7.52. The first kappa shape index (κ1) is 22.7. The molecule has 0 aromatic rings. The fourth-order valence-corrected chi connectivity index (χ4v) is 1.72. The lowest BCUT2D eigenvalue weighted by Gasteiger charge is -2.14. The van der Waals surface area contributed by atoms with E-state index < -0.39 is 37.1 Å². The molecule has 14 heteroatoms. The van der Waals surface area contributed by atoms with Gasteiger partial charge in [0.15, 0.2) is 0 Å². The number of carbonyl (C=O) groups excluding carboxylic acids is 2. The quantitative estimate of drug-likeness (QED) is 0.197. The van der Waals surface area contributed by atoms with Crippen LogP contribution in [0, 0.1) is 9.81 Å². The summed E-state index contributed by atoms with van der Waals surface area (Å²) in [6, 6.07) is -1.84. The number of carboxylic acid groups (broad SMARTS) is 2. The summed E-state index contributed by atoms with van der Waals surface area (Å²) in [6.07, 6.45) is 1.82. The molecule has 0 rings (SSSR count). The van der Waals surface area contributed by atoms with E-state index in [1.807, 2.05) is 10.6 Å². The summed E-state index contributed by atoms with van der Waals surface area (Å²) in [4.78, 5) is 64.6. The van der Waals surface area contributed by atoms with Crippen molar-refractivity contribution in [2.75, 3.05) is 26.2 Å². The van der Waals surface area contributed by atoms with Crippen LogP contribution in [0.25, 0.3) is 0 Å². The van der Waals surface area contributed by atoms with E-state index in [0.717, 1.165) is 0 Å². The van der Waals surface area contributed by atoms with Gasteiger partial charge in [-0.05, 0) is 12.8 Å². The molecule has 146 valence electrons. The molecule has 0 heterocycles. The molecule has 0 unspecified atom stereocenters. The number of nitrogens with zero attached hydrogens (tertiary/aromatic N) is 4. The molecular formula is C12H20N6O8. The van der Waals surface area contributed by atoms with E-state index in [4.69, 9.17) is 10.2 Å². The van der Waals surface area contributed by atoms with E-state index in [-0.39, 0.29) is 13.1 Å². The number of nitroso groups, excluding NO2 is 2. The molecule has 26 heavy (non-hydrogen) atoms. The van der Waals surface area contributed by atoms with E-state index in [2.05, 4.69) is 10.6 Å². The fraction of sp³-hybridized carbons (Fsp3) is 0.667. The normalized spacial score (nSPS) is 9.69. The lowest BCUT2D eigenvalue weighted by atomic mass is 10.2. The fourth-order valence-electron chi connectivity index (χ4n) is 1.72. The molecule has 0 radical (unpaired) electrons. The van der Waals surface area contributed by atoms with Crippen LogP contribution >= 0.6 is 0 Å². The number of unbranched alkanes of at least 4 members (excludes halogenated alkanes) is 3. The Labute approximate surface area is 147 Å². The third-order valence-electron chi connectivity index (χ3n) is 2.94. The minimum Gasteiger partial charge on any atom is -0.480 e. The Balaban J connectivity index is 3.98. The van der Waals surface area contributed by atoms with Gasteiger partial charge in [-0.15, -0.1) is 9.81 Å². The molecule has 4 N–H and O–H groups in total. The summed E-state index contributed by atoms with van der Waals surface area (Å²) in [7, 11) is 0. The Morgan fingerprint density at radius 1 is 0.692 bits per heavy atom. The minimum atomic E-state index is -1.26. The van der Waals surface area contributed by atoms with Gasteiger partial charge in [-0.1, -0.05) is 12.8 Å². The Morgan fingerprint density at radius 2 is 1.04 bits per heavy atom. The van der Waals surface area contributed by atoms with Crippen molar-refractivity contribution in [2.24, 2.45) is 10.6 Å². The zero-order chi connectivity index (χ0) is 19.9. The lowest BCUT2D eigenvalue weighted by Crippen LogP contribution is -2.39. The number of urea groups is 2. The van der Waals surface area contributed by atoms with Crippen molar-refractivity contribution in [1.29, 1.82) is 0 Å². The minimum absolute atomic E-state index is 0.0241. The van der Waals surface area contributed by atoms with Crippen molar-refractivity contribution in [3.05, 3.63) is 9.81 Å². The van der Waals surface area contributed by atoms with Crippen LogP contribution in [0.5, 0.6) is 0 Å². The van der Waals surface area contributed by atoms with Crippen molar-refractivity contribution in [1.82, 2.24) is 20.7 Å². The first-order valence-electron chi connectivity index (χ1n) is 7.52. The SMILES string of the molecule is O=NN(CCCCCCN(N=O)C(=O)NCC(=O)O)C(=O)NCC(=O)O. The number of carbonyl (C=O) groups is 4. The second kappa shape index (κ2) is 13.0. The first-order chi connectivity index (χ1) is 12.3. The number of carboxylic acids is 2. The van der Waals surface area contributed by atoms with Gasteiger partial charge in [-0.3, -0.25) is 9.59 Å². The highest BCUT2D eigenvalue weighted by Crippen LogP contribution is 2.05. The average molecular weight is 376 g/mol. The number of amides is 4. The molecule has 0 aliphatic carbocycles. The smallest absolute Gasteiger partial charge is 0.340 e. The van der Waals surface area contributed by atoms with Crippen LogP contribution in [0.3, 0.4) is 0 Å². The molecule has 0 atom stereocenters. The van der Waals surface area contributed by atoms with Crippen LogP contribution in [0.1, 0.15) is 25.7 Å². The summed E-state index contributed by atoms with van der Waals surface area (Å²) in [5, 5.41) is 26.9. The molecule has 0 aliphatic heterocycles. The Bertz CT molecular complexity index is 482. The molecule has 0 bridgehead atoms. The zero-order valence-corrected chi connectivity index (χ0v) is 13.8. The number of aliphatic carboxylic acids is 2. The highest BCUT2D eigenvalue weighted by molar-refractivity contribution is 5.80. The molecule has 14 nitrogen and oxygen atoms in total. The number of rotatable bonds is 13. The monoisotopic (exact) mass is 376 g/mol. The Morgan fingerprint density at radius 3 is 1.31 bits per heavy atom. The third-order valence-corrected chi connectivity index (χ3v) is 2.94. The van der Waals surface area contributed by atoms with E-state index >= 15 is 0 Å². The topological polar surface area (TPSA) is 198 Å². The van der Waals surface area contributed by atoms with Crippen LogP contribution < -0.4 is 10.6 Å². The van der Waals surface area contributed by atoms with Crippen molar-refractivity contribution in [3.63, 3.8) is 0 Å². The number of hydrogen-bond acceptors (Lipinski definition) is 8. The number of hydrogen-bond donors (Lipinski definition) is 4. The Hall–Kier alpha value is -3.32. The summed E-state index contributed by atoms with van der Waals surface area (Å²) in [6.45, 7) is -1.32. The molecular weight excluding hydrogens is 356 g/mol. The standard InChI is InChI=1S/C12H20N6O8/c19-9(20)7-13-11(23)17(15-25)5-3-1-2-4-6-18(16-26)12(24)14-8-10(21)22/h1-8H2,(H,13,23)(H,14,24)(H,19,20)(H,21,22).